The van der Waals surface area contributed by atoms with Crippen molar-refractivity contribution in [2.24, 2.45) is 0 Å². The second kappa shape index (κ2) is 8.01. The first-order chi connectivity index (χ1) is 8.01. The molecule has 6 nitrogen and oxygen atoms in total. The van der Waals surface area contributed by atoms with Crippen LogP contribution in [-0.4, -0.2) is 51.7 Å². The van der Waals surface area contributed by atoms with Gasteiger partial charge in [-0.3, -0.25) is 4.79 Å². The predicted molar refractivity (Wildman–Crippen MR) is 59.2 cm³/mol. The number of nitriles is 1. The summed E-state index contributed by atoms with van der Waals surface area (Å²) in [6, 6.07) is 1.96. The van der Waals surface area contributed by atoms with Crippen molar-refractivity contribution in [2.75, 3.05) is 21.3 Å². The zero-order valence-electron chi connectivity index (χ0n) is 10.8. The minimum absolute atomic E-state index is 0.416. The van der Waals surface area contributed by atoms with Gasteiger partial charge in [-0.25, -0.2) is 0 Å². The van der Waals surface area contributed by atoms with Gasteiger partial charge in [0.25, 0.3) is 0 Å². The molecule has 0 aliphatic heterocycles. The van der Waals surface area contributed by atoms with Gasteiger partial charge in [0.15, 0.2) is 6.10 Å². The molecule has 0 aromatic heterocycles. The Hall–Kier alpha value is -1.16. The van der Waals surface area contributed by atoms with Crippen molar-refractivity contribution in [3.05, 3.63) is 0 Å². The molecule has 0 saturated carbocycles. The van der Waals surface area contributed by atoms with Crippen LogP contribution in [0.4, 0.5) is 0 Å². The number of carbonyl (C=O) groups excluding carboxylic acids is 1. The summed E-state index contributed by atoms with van der Waals surface area (Å²) in [7, 11) is 4.31. The first-order valence-corrected chi connectivity index (χ1v) is 5.17. The lowest BCUT2D eigenvalue weighted by Crippen LogP contribution is -2.47. The molecule has 4 atom stereocenters. The average Bonchev–Trinajstić information content (AvgIpc) is 2.28. The quantitative estimate of drug-likeness (QED) is 0.608. The van der Waals surface area contributed by atoms with Gasteiger partial charge in [-0.2, -0.15) is 5.26 Å². The van der Waals surface area contributed by atoms with Crippen LogP contribution in [0.1, 0.15) is 13.8 Å². The molecule has 17 heavy (non-hydrogen) atoms. The third-order valence-corrected chi connectivity index (χ3v) is 2.36. The molecular weight excluding hydrogens is 226 g/mol. The fourth-order valence-electron chi connectivity index (χ4n) is 1.61. The van der Waals surface area contributed by atoms with E-state index in [1.807, 2.05) is 6.07 Å². The molecule has 0 unspecified atom stereocenters. The van der Waals surface area contributed by atoms with E-state index < -0.39 is 30.4 Å². The molecule has 0 aromatic rings. The van der Waals surface area contributed by atoms with Gasteiger partial charge in [0.05, 0.1) is 6.07 Å². The molecule has 0 spiro atoms. The Bertz CT molecular complexity index is 276. The van der Waals surface area contributed by atoms with E-state index in [1.54, 1.807) is 6.92 Å². The topological polar surface area (TPSA) is 77.8 Å². The average molecular weight is 245 g/mol. The first-order valence-electron chi connectivity index (χ1n) is 5.17. The molecule has 0 saturated heterocycles. The molecule has 0 bridgehead atoms. The van der Waals surface area contributed by atoms with E-state index in [2.05, 4.69) is 0 Å². The van der Waals surface area contributed by atoms with Crippen LogP contribution in [0, 0.1) is 11.3 Å². The third-order valence-electron chi connectivity index (χ3n) is 2.36. The maximum Gasteiger partial charge on any atom is 0.302 e. The Morgan fingerprint density at radius 3 is 1.94 bits per heavy atom. The van der Waals surface area contributed by atoms with E-state index in [0.29, 0.717) is 0 Å². The van der Waals surface area contributed by atoms with Gasteiger partial charge < -0.3 is 18.9 Å². The molecule has 0 aliphatic rings. The van der Waals surface area contributed by atoms with Gasteiger partial charge in [-0.1, -0.05) is 0 Å². The Morgan fingerprint density at radius 1 is 1.12 bits per heavy atom. The van der Waals surface area contributed by atoms with Crippen LogP contribution in [0.2, 0.25) is 0 Å². The molecule has 98 valence electrons. The van der Waals surface area contributed by atoms with E-state index in [4.69, 9.17) is 24.2 Å². The largest absolute Gasteiger partial charge is 0.460 e. The highest BCUT2D eigenvalue weighted by Gasteiger charge is 2.35. The first kappa shape index (κ1) is 15.8. The molecule has 0 fully saturated rings. The molecular formula is C11H19NO5. The van der Waals surface area contributed by atoms with Crippen molar-refractivity contribution in [3.8, 4) is 6.07 Å². The minimum Gasteiger partial charge on any atom is -0.460 e. The van der Waals surface area contributed by atoms with Crippen LogP contribution in [0.25, 0.3) is 0 Å². The van der Waals surface area contributed by atoms with Crippen molar-refractivity contribution in [3.63, 3.8) is 0 Å². The lowest BCUT2D eigenvalue weighted by molar-refractivity contribution is -0.165. The number of carbonyl (C=O) groups is 1. The fraction of sp³-hybridized carbons (Fsp3) is 0.818. The van der Waals surface area contributed by atoms with Crippen molar-refractivity contribution in [1.29, 1.82) is 5.26 Å². The van der Waals surface area contributed by atoms with Crippen molar-refractivity contribution in [1.82, 2.24) is 0 Å². The van der Waals surface area contributed by atoms with Gasteiger partial charge >= 0.3 is 5.97 Å². The molecule has 0 N–H and O–H groups in total. The predicted octanol–water partition coefficient (Wildman–Crippen LogP) is 0.507. The highest BCUT2D eigenvalue weighted by Crippen LogP contribution is 2.15. The molecule has 0 radical (unpaired) electrons. The zero-order valence-corrected chi connectivity index (χ0v) is 10.8. The summed E-state index contributed by atoms with van der Waals surface area (Å²) < 4.78 is 20.4. The minimum atomic E-state index is -0.789. The van der Waals surface area contributed by atoms with Crippen LogP contribution < -0.4 is 0 Å². The summed E-state index contributed by atoms with van der Waals surface area (Å²) in [5.74, 6) is -0.416. The summed E-state index contributed by atoms with van der Waals surface area (Å²) in [6.45, 7) is 2.98. The zero-order chi connectivity index (χ0) is 13.4. The number of esters is 1. The molecule has 0 heterocycles. The number of hydrogen-bond donors (Lipinski definition) is 0. The van der Waals surface area contributed by atoms with E-state index in [9.17, 15) is 4.79 Å². The second-order valence-corrected chi connectivity index (χ2v) is 3.50. The van der Waals surface area contributed by atoms with Crippen LogP contribution in [0.15, 0.2) is 0 Å². The number of nitrogens with zero attached hydrogens (tertiary/aromatic N) is 1. The molecule has 0 rings (SSSR count). The van der Waals surface area contributed by atoms with Crippen molar-refractivity contribution >= 4 is 5.97 Å². The van der Waals surface area contributed by atoms with Crippen LogP contribution in [-0.2, 0) is 23.7 Å². The van der Waals surface area contributed by atoms with E-state index in [1.165, 1.54) is 28.3 Å². The highest BCUT2D eigenvalue weighted by molar-refractivity contribution is 5.66. The van der Waals surface area contributed by atoms with Crippen molar-refractivity contribution in [2.45, 2.75) is 38.3 Å². The fourth-order valence-corrected chi connectivity index (χ4v) is 1.61. The summed E-state index contributed by atoms with van der Waals surface area (Å²) in [5, 5.41) is 8.92. The molecule has 0 aliphatic carbocycles. The second-order valence-electron chi connectivity index (χ2n) is 3.50. The Labute approximate surface area is 101 Å². The molecule has 6 heteroatoms. The summed E-state index contributed by atoms with van der Waals surface area (Å²) in [6.07, 6.45) is -2.53. The standard InChI is InChI=1S/C11H19NO5/c1-7(17-8(2)13)10(15-4)11(16-5)9(6-12)14-3/h7,9-11H,1-5H3/t7-,9+,10+,11-/m1/s1. The van der Waals surface area contributed by atoms with Gasteiger partial charge in [-0.05, 0) is 6.92 Å². The molecule has 0 aromatic carbocycles. The lowest BCUT2D eigenvalue weighted by Gasteiger charge is -2.31. The maximum absolute atomic E-state index is 10.9. The number of hydrogen-bond acceptors (Lipinski definition) is 6. The number of ether oxygens (including phenoxy) is 4. The Morgan fingerprint density at radius 2 is 1.65 bits per heavy atom. The Balaban J connectivity index is 4.80. The highest BCUT2D eigenvalue weighted by atomic mass is 16.6. The summed E-state index contributed by atoms with van der Waals surface area (Å²) >= 11 is 0. The maximum atomic E-state index is 10.9. The summed E-state index contributed by atoms with van der Waals surface area (Å²) in [5.41, 5.74) is 0. The summed E-state index contributed by atoms with van der Waals surface area (Å²) in [4.78, 5) is 10.9. The SMILES string of the molecule is CO[C@H]([C@H](OC)[C@H](C#N)OC)[C@@H](C)OC(C)=O. The normalized spacial score (nSPS) is 17.6. The van der Waals surface area contributed by atoms with E-state index in [-0.39, 0.29) is 0 Å². The van der Waals surface area contributed by atoms with Crippen molar-refractivity contribution < 1.29 is 23.7 Å². The van der Waals surface area contributed by atoms with Crippen LogP contribution in [0.3, 0.4) is 0 Å². The lowest BCUT2D eigenvalue weighted by atomic mass is 10.0. The number of methoxy groups -OCH3 is 3. The van der Waals surface area contributed by atoms with Gasteiger partial charge in [0.1, 0.15) is 18.3 Å². The molecule has 0 amide bonds. The monoisotopic (exact) mass is 245 g/mol. The Kier molecular flexibility index (Phi) is 7.46. The van der Waals surface area contributed by atoms with Crippen LogP contribution in [0.5, 0.6) is 0 Å². The smallest absolute Gasteiger partial charge is 0.302 e. The van der Waals surface area contributed by atoms with Gasteiger partial charge in [0, 0.05) is 28.3 Å². The van der Waals surface area contributed by atoms with Gasteiger partial charge in [-0.15, -0.1) is 0 Å². The van der Waals surface area contributed by atoms with E-state index >= 15 is 0 Å². The third kappa shape index (κ3) is 4.69. The van der Waals surface area contributed by atoms with Gasteiger partial charge in [0.2, 0.25) is 0 Å². The van der Waals surface area contributed by atoms with E-state index in [0.717, 1.165) is 0 Å². The number of rotatable bonds is 7. The van der Waals surface area contributed by atoms with Crippen LogP contribution >= 0.6 is 0 Å².